The lowest BCUT2D eigenvalue weighted by Crippen LogP contribution is -2.22. The van der Waals surface area contributed by atoms with Crippen LogP contribution < -0.4 is 5.32 Å². The van der Waals surface area contributed by atoms with Crippen LogP contribution in [0, 0.1) is 0 Å². The van der Waals surface area contributed by atoms with Crippen molar-refractivity contribution in [2.75, 3.05) is 18.6 Å². The molecule has 0 bridgehead atoms. The van der Waals surface area contributed by atoms with E-state index in [-0.39, 0.29) is 11.8 Å². The summed E-state index contributed by atoms with van der Waals surface area (Å²) in [6, 6.07) is 4.45. The summed E-state index contributed by atoms with van der Waals surface area (Å²) >= 11 is 3.49. The Morgan fingerprint density at radius 2 is 2.17 bits per heavy atom. The minimum absolute atomic E-state index is 0.148. The number of hydrogen-bond donors (Lipinski definition) is 1. The average molecular weight is 303 g/mol. The molecular formula is C12H17NO2S3. The molecule has 0 aliphatic rings. The lowest BCUT2D eigenvalue weighted by atomic mass is 10.2. The Morgan fingerprint density at radius 3 is 2.78 bits per heavy atom. The SMILES string of the molecule is CCNC(CCS(C)(=O)=O)c1cc2sccc2s1. The summed E-state index contributed by atoms with van der Waals surface area (Å²) in [7, 11) is -2.89. The van der Waals surface area contributed by atoms with E-state index >= 15 is 0 Å². The molecule has 6 heteroatoms. The Hall–Kier alpha value is -0.430. The number of fused-ring (bicyclic) bond motifs is 1. The molecule has 0 aliphatic heterocycles. The number of sulfone groups is 1. The van der Waals surface area contributed by atoms with Crippen molar-refractivity contribution in [2.45, 2.75) is 19.4 Å². The van der Waals surface area contributed by atoms with Gasteiger partial charge in [-0.15, -0.1) is 22.7 Å². The van der Waals surface area contributed by atoms with Gasteiger partial charge >= 0.3 is 0 Å². The molecule has 1 atom stereocenters. The quantitative estimate of drug-likeness (QED) is 0.892. The van der Waals surface area contributed by atoms with Gasteiger partial charge in [-0.05, 0) is 30.5 Å². The molecule has 0 radical (unpaired) electrons. The number of thiophene rings is 2. The van der Waals surface area contributed by atoms with Crippen LogP contribution in [0.2, 0.25) is 0 Å². The summed E-state index contributed by atoms with van der Waals surface area (Å²) in [5, 5.41) is 5.46. The molecular weight excluding hydrogens is 286 g/mol. The van der Waals surface area contributed by atoms with Crippen molar-refractivity contribution in [3.05, 3.63) is 22.4 Å². The minimum atomic E-state index is -2.89. The topological polar surface area (TPSA) is 46.2 Å². The predicted molar refractivity (Wildman–Crippen MR) is 80.4 cm³/mol. The fraction of sp³-hybridized carbons (Fsp3) is 0.500. The molecule has 0 aliphatic carbocycles. The highest BCUT2D eigenvalue weighted by Crippen LogP contribution is 2.34. The van der Waals surface area contributed by atoms with Gasteiger partial charge in [-0.1, -0.05) is 6.92 Å². The van der Waals surface area contributed by atoms with Crippen molar-refractivity contribution < 1.29 is 8.42 Å². The maximum atomic E-state index is 11.3. The molecule has 1 unspecified atom stereocenters. The van der Waals surface area contributed by atoms with Crippen LogP contribution in [0.4, 0.5) is 0 Å². The largest absolute Gasteiger partial charge is 0.309 e. The molecule has 0 saturated heterocycles. The van der Waals surface area contributed by atoms with Gasteiger partial charge in [0.25, 0.3) is 0 Å². The van der Waals surface area contributed by atoms with E-state index in [1.54, 1.807) is 22.7 Å². The fourth-order valence-corrected chi connectivity index (χ4v) is 4.77. The van der Waals surface area contributed by atoms with E-state index in [9.17, 15) is 8.42 Å². The van der Waals surface area contributed by atoms with Gasteiger partial charge in [-0.3, -0.25) is 0 Å². The molecule has 0 aromatic carbocycles. The van der Waals surface area contributed by atoms with Crippen LogP contribution in [0.5, 0.6) is 0 Å². The van der Waals surface area contributed by atoms with Crippen LogP contribution in [-0.4, -0.2) is 27.0 Å². The van der Waals surface area contributed by atoms with Gasteiger partial charge in [-0.2, -0.15) is 0 Å². The maximum Gasteiger partial charge on any atom is 0.147 e. The highest BCUT2D eigenvalue weighted by Gasteiger charge is 2.16. The number of rotatable bonds is 6. The molecule has 0 fully saturated rings. The normalized spacial score (nSPS) is 14.1. The molecule has 1 N–H and O–H groups in total. The standard InChI is InChI=1S/C12H17NO2S3/c1-3-13-9(5-7-18(2,14)15)11-8-12-10(17-11)4-6-16-12/h4,6,8-9,13H,3,5,7H2,1-2H3. The molecule has 0 amide bonds. The van der Waals surface area contributed by atoms with Crippen molar-refractivity contribution in [1.82, 2.24) is 5.32 Å². The molecule has 100 valence electrons. The van der Waals surface area contributed by atoms with Crippen molar-refractivity contribution in [3.63, 3.8) is 0 Å². The summed E-state index contributed by atoms with van der Waals surface area (Å²) in [5.41, 5.74) is 0. The first-order chi connectivity index (χ1) is 8.49. The Bertz CT molecular complexity index is 584. The molecule has 2 aromatic rings. The van der Waals surface area contributed by atoms with Crippen LogP contribution in [0.3, 0.4) is 0 Å². The monoisotopic (exact) mass is 303 g/mol. The van der Waals surface area contributed by atoms with Crippen LogP contribution in [0.25, 0.3) is 9.40 Å². The van der Waals surface area contributed by atoms with Crippen molar-refractivity contribution in [1.29, 1.82) is 0 Å². The third-order valence-corrected chi connectivity index (χ3v) is 5.91. The second kappa shape index (κ2) is 5.69. The molecule has 2 aromatic heterocycles. The zero-order chi connectivity index (χ0) is 13.2. The summed E-state index contributed by atoms with van der Waals surface area (Å²) in [6.07, 6.45) is 1.93. The Morgan fingerprint density at radius 1 is 1.39 bits per heavy atom. The third kappa shape index (κ3) is 3.54. The van der Waals surface area contributed by atoms with Gasteiger partial charge < -0.3 is 5.32 Å². The zero-order valence-corrected chi connectivity index (χ0v) is 12.9. The van der Waals surface area contributed by atoms with Crippen molar-refractivity contribution >= 4 is 41.9 Å². The van der Waals surface area contributed by atoms with Gasteiger partial charge in [0.2, 0.25) is 0 Å². The summed E-state index contributed by atoms with van der Waals surface area (Å²) in [6.45, 7) is 2.89. The van der Waals surface area contributed by atoms with Crippen LogP contribution in [0.15, 0.2) is 17.5 Å². The Kier molecular flexibility index (Phi) is 4.42. The van der Waals surface area contributed by atoms with Crippen molar-refractivity contribution in [2.24, 2.45) is 0 Å². The first-order valence-electron chi connectivity index (χ1n) is 5.87. The molecule has 18 heavy (non-hydrogen) atoms. The van der Waals surface area contributed by atoms with Crippen LogP contribution in [-0.2, 0) is 9.84 Å². The predicted octanol–water partition coefficient (Wildman–Crippen LogP) is 3.05. The molecule has 2 rings (SSSR count). The van der Waals surface area contributed by atoms with E-state index in [0.717, 1.165) is 6.54 Å². The minimum Gasteiger partial charge on any atom is -0.309 e. The zero-order valence-electron chi connectivity index (χ0n) is 10.5. The first-order valence-corrected chi connectivity index (χ1v) is 9.63. The van der Waals surface area contributed by atoms with E-state index < -0.39 is 9.84 Å². The Balaban J connectivity index is 2.16. The van der Waals surface area contributed by atoms with Gasteiger partial charge in [0, 0.05) is 26.6 Å². The smallest absolute Gasteiger partial charge is 0.147 e. The second-order valence-electron chi connectivity index (χ2n) is 4.33. The average Bonchev–Trinajstić information content (AvgIpc) is 2.82. The maximum absolute atomic E-state index is 11.3. The fourth-order valence-electron chi connectivity index (χ4n) is 1.88. The van der Waals surface area contributed by atoms with E-state index in [4.69, 9.17) is 0 Å². The number of hydrogen-bond acceptors (Lipinski definition) is 5. The summed E-state index contributed by atoms with van der Waals surface area (Å²) < 4.78 is 25.1. The lowest BCUT2D eigenvalue weighted by Gasteiger charge is -2.15. The highest BCUT2D eigenvalue weighted by molar-refractivity contribution is 7.90. The van der Waals surface area contributed by atoms with Crippen molar-refractivity contribution in [3.8, 4) is 0 Å². The summed E-state index contributed by atoms with van der Waals surface area (Å²) in [4.78, 5) is 1.24. The molecule has 2 heterocycles. The van der Waals surface area contributed by atoms with Gasteiger partial charge in [0.1, 0.15) is 9.84 Å². The van der Waals surface area contributed by atoms with Gasteiger partial charge in [-0.25, -0.2) is 8.42 Å². The molecule has 0 saturated carbocycles. The van der Waals surface area contributed by atoms with E-state index in [2.05, 4.69) is 22.8 Å². The number of nitrogens with one attached hydrogen (secondary N) is 1. The molecule has 3 nitrogen and oxygen atoms in total. The van der Waals surface area contributed by atoms with E-state index in [1.165, 1.54) is 20.5 Å². The molecule has 0 spiro atoms. The highest BCUT2D eigenvalue weighted by atomic mass is 32.2. The van der Waals surface area contributed by atoms with Crippen LogP contribution >= 0.6 is 22.7 Å². The van der Waals surface area contributed by atoms with E-state index in [1.807, 2.05) is 6.92 Å². The van der Waals surface area contributed by atoms with Crippen LogP contribution in [0.1, 0.15) is 24.3 Å². The van der Waals surface area contributed by atoms with Gasteiger partial charge in [0.15, 0.2) is 0 Å². The third-order valence-electron chi connectivity index (χ3n) is 2.73. The second-order valence-corrected chi connectivity index (χ2v) is 8.65. The summed E-state index contributed by atoms with van der Waals surface area (Å²) in [5.74, 6) is 0.232. The lowest BCUT2D eigenvalue weighted by molar-refractivity contribution is 0.537. The van der Waals surface area contributed by atoms with E-state index in [0.29, 0.717) is 6.42 Å². The first kappa shape index (κ1) is 14.0. The Labute approximate surface area is 116 Å². The van der Waals surface area contributed by atoms with Gasteiger partial charge in [0.05, 0.1) is 5.75 Å².